The summed E-state index contributed by atoms with van der Waals surface area (Å²) in [5.41, 5.74) is 0.892. The van der Waals surface area contributed by atoms with Crippen molar-refractivity contribution in [2.75, 3.05) is 33.2 Å². The van der Waals surface area contributed by atoms with Gasteiger partial charge in [0.05, 0.1) is 12.1 Å². The van der Waals surface area contributed by atoms with Crippen LogP contribution in [0.5, 0.6) is 5.75 Å². The number of likely N-dealkylation sites (tertiary alicyclic amines) is 1. The van der Waals surface area contributed by atoms with Crippen LogP contribution in [0.25, 0.3) is 0 Å². The van der Waals surface area contributed by atoms with Gasteiger partial charge in [-0.25, -0.2) is 4.79 Å². The number of carboxylic acid groups (broad SMARTS) is 1. The molecule has 2 amide bonds. The first-order valence-electron chi connectivity index (χ1n) is 14.0. The van der Waals surface area contributed by atoms with E-state index in [9.17, 15) is 14.7 Å². The van der Waals surface area contributed by atoms with Gasteiger partial charge in [0.15, 0.2) is 0 Å². The van der Waals surface area contributed by atoms with Crippen molar-refractivity contribution < 1.29 is 24.2 Å². The molecule has 4 rings (SSSR count). The van der Waals surface area contributed by atoms with Crippen molar-refractivity contribution in [3.63, 3.8) is 0 Å². The summed E-state index contributed by atoms with van der Waals surface area (Å²) >= 11 is 1.63. The Morgan fingerprint density at radius 2 is 1.92 bits per heavy atom. The molecular weight excluding hydrogens is 514 g/mol. The summed E-state index contributed by atoms with van der Waals surface area (Å²) in [7, 11) is 1.59. The highest BCUT2D eigenvalue weighted by Gasteiger charge is 2.46. The van der Waals surface area contributed by atoms with Crippen LogP contribution in [0, 0.1) is 0 Å². The predicted molar refractivity (Wildman–Crippen MR) is 154 cm³/mol. The van der Waals surface area contributed by atoms with Crippen LogP contribution in [0.4, 0.5) is 4.79 Å². The molecule has 1 aromatic carbocycles. The van der Waals surface area contributed by atoms with E-state index in [-0.39, 0.29) is 29.8 Å². The summed E-state index contributed by atoms with van der Waals surface area (Å²) in [6, 6.07) is 12.7. The van der Waals surface area contributed by atoms with Gasteiger partial charge in [-0.2, -0.15) is 0 Å². The number of rotatable bonds is 10. The quantitative estimate of drug-likeness (QED) is 0.428. The summed E-state index contributed by atoms with van der Waals surface area (Å²) in [5.74, 6) is 0.947. The third-order valence-electron chi connectivity index (χ3n) is 8.14. The van der Waals surface area contributed by atoms with E-state index in [4.69, 9.17) is 9.47 Å². The van der Waals surface area contributed by atoms with Crippen LogP contribution in [0.15, 0.2) is 41.8 Å². The number of morpholine rings is 1. The molecule has 3 atom stereocenters. The second kappa shape index (κ2) is 12.7. The molecule has 0 radical (unpaired) electrons. The molecule has 2 aliphatic heterocycles. The predicted octanol–water partition coefficient (Wildman–Crippen LogP) is 5.29. The molecule has 2 fully saturated rings. The Bertz CT molecular complexity index is 1100. The van der Waals surface area contributed by atoms with E-state index in [0.29, 0.717) is 25.6 Å². The number of benzene rings is 1. The van der Waals surface area contributed by atoms with Crippen molar-refractivity contribution >= 4 is 23.3 Å². The van der Waals surface area contributed by atoms with Crippen LogP contribution in [0.1, 0.15) is 63.5 Å². The Hall–Kier alpha value is -2.62. The molecule has 39 heavy (non-hydrogen) atoms. The van der Waals surface area contributed by atoms with Crippen LogP contribution in [0.2, 0.25) is 0 Å². The summed E-state index contributed by atoms with van der Waals surface area (Å²) in [5, 5.41) is 11.3. The van der Waals surface area contributed by atoms with Crippen molar-refractivity contribution in [3.8, 4) is 5.75 Å². The van der Waals surface area contributed by atoms with E-state index in [1.165, 1.54) is 4.90 Å². The van der Waals surface area contributed by atoms with Gasteiger partial charge < -0.3 is 29.3 Å². The Kier molecular flexibility index (Phi) is 9.56. The van der Waals surface area contributed by atoms with Crippen molar-refractivity contribution in [2.24, 2.45) is 0 Å². The van der Waals surface area contributed by atoms with Gasteiger partial charge in [-0.1, -0.05) is 24.3 Å². The van der Waals surface area contributed by atoms with Crippen molar-refractivity contribution in [3.05, 3.63) is 52.2 Å². The van der Waals surface area contributed by atoms with Gasteiger partial charge in [0.2, 0.25) is 0 Å². The summed E-state index contributed by atoms with van der Waals surface area (Å²) < 4.78 is 12.9. The van der Waals surface area contributed by atoms with E-state index in [1.807, 2.05) is 47.5 Å². The number of piperidine rings is 1. The first kappa shape index (κ1) is 29.4. The van der Waals surface area contributed by atoms with Gasteiger partial charge in [0, 0.05) is 50.1 Å². The lowest BCUT2D eigenvalue weighted by atomic mass is 9.87. The third kappa shape index (κ3) is 7.13. The molecule has 3 unspecified atom stereocenters. The zero-order valence-corrected chi connectivity index (χ0v) is 24.7. The average Bonchev–Trinajstić information content (AvgIpc) is 3.44. The largest absolute Gasteiger partial charge is 0.485 e. The second-order valence-corrected chi connectivity index (χ2v) is 12.3. The van der Waals surface area contributed by atoms with Crippen LogP contribution in [-0.4, -0.2) is 88.8 Å². The molecule has 2 aliphatic rings. The molecule has 2 aromatic rings. The minimum absolute atomic E-state index is 0.0958. The Morgan fingerprint density at radius 3 is 2.56 bits per heavy atom. The van der Waals surface area contributed by atoms with Gasteiger partial charge in [-0.3, -0.25) is 4.79 Å². The lowest BCUT2D eigenvalue weighted by Crippen LogP contribution is -2.63. The van der Waals surface area contributed by atoms with E-state index in [2.05, 4.69) is 31.7 Å². The number of carbonyl (C=O) groups is 2. The SMILES string of the molecule is CC1OC2(CCN(C(C)Cc3ccccc3OC(CCN(C)C(=O)O)c3cccs3)CC2)CN(C(C)C)C1=O. The Morgan fingerprint density at radius 1 is 1.21 bits per heavy atom. The monoisotopic (exact) mass is 557 g/mol. The average molecular weight is 558 g/mol. The standard InChI is InChI=1S/C30H43N3O5S/c1-21(2)33-20-30(38-23(4)28(33)34)13-16-32(17-14-30)22(3)19-24-9-6-7-10-25(24)37-26(27-11-8-18-39-27)12-15-31(5)29(35)36/h6-11,18,21-23,26H,12-17,19-20H2,1-5H3,(H,35,36). The maximum atomic E-state index is 12.6. The molecule has 1 N–H and O–H groups in total. The molecule has 1 spiro atoms. The van der Waals surface area contributed by atoms with Crippen molar-refractivity contribution in [1.29, 1.82) is 0 Å². The molecule has 0 aliphatic carbocycles. The maximum absolute atomic E-state index is 12.6. The van der Waals surface area contributed by atoms with E-state index in [1.54, 1.807) is 18.4 Å². The normalized spacial score (nSPS) is 21.2. The Labute approximate surface area is 236 Å². The fraction of sp³-hybridized carbons (Fsp3) is 0.600. The third-order valence-corrected chi connectivity index (χ3v) is 9.11. The van der Waals surface area contributed by atoms with E-state index >= 15 is 0 Å². The van der Waals surface area contributed by atoms with Gasteiger partial charge in [0.1, 0.15) is 18.0 Å². The highest BCUT2D eigenvalue weighted by atomic mass is 32.1. The van der Waals surface area contributed by atoms with Gasteiger partial charge in [-0.05, 0) is 70.0 Å². The number of nitrogens with zero attached hydrogens (tertiary/aromatic N) is 3. The maximum Gasteiger partial charge on any atom is 0.407 e. The minimum Gasteiger partial charge on any atom is -0.485 e. The highest BCUT2D eigenvalue weighted by Crippen LogP contribution is 2.35. The number of carbonyl (C=O) groups excluding carboxylic acids is 1. The summed E-state index contributed by atoms with van der Waals surface area (Å²) in [4.78, 5) is 30.8. The highest BCUT2D eigenvalue weighted by molar-refractivity contribution is 7.10. The smallest absolute Gasteiger partial charge is 0.407 e. The van der Waals surface area contributed by atoms with Gasteiger partial charge >= 0.3 is 6.09 Å². The van der Waals surface area contributed by atoms with Crippen LogP contribution >= 0.6 is 11.3 Å². The topological polar surface area (TPSA) is 82.6 Å². The van der Waals surface area contributed by atoms with Crippen molar-refractivity contribution in [1.82, 2.24) is 14.7 Å². The molecule has 214 valence electrons. The van der Waals surface area contributed by atoms with Gasteiger partial charge in [-0.15, -0.1) is 11.3 Å². The zero-order valence-electron chi connectivity index (χ0n) is 23.8. The lowest BCUT2D eigenvalue weighted by molar-refractivity contribution is -0.193. The summed E-state index contributed by atoms with van der Waals surface area (Å²) in [6.07, 6.45) is 1.71. The molecule has 2 saturated heterocycles. The molecule has 0 bridgehead atoms. The fourth-order valence-electron chi connectivity index (χ4n) is 5.70. The van der Waals surface area contributed by atoms with E-state index < -0.39 is 6.09 Å². The Balaban J connectivity index is 1.40. The second-order valence-electron chi connectivity index (χ2n) is 11.3. The van der Waals surface area contributed by atoms with Gasteiger partial charge in [0.25, 0.3) is 5.91 Å². The van der Waals surface area contributed by atoms with Crippen LogP contribution in [-0.2, 0) is 16.0 Å². The summed E-state index contributed by atoms with van der Waals surface area (Å²) in [6.45, 7) is 11.2. The molecule has 0 saturated carbocycles. The molecule has 1 aromatic heterocycles. The minimum atomic E-state index is -0.936. The molecule has 8 nitrogen and oxygen atoms in total. The number of amides is 2. The van der Waals surface area contributed by atoms with Crippen LogP contribution < -0.4 is 4.74 Å². The number of hydrogen-bond acceptors (Lipinski definition) is 6. The lowest BCUT2D eigenvalue weighted by Gasteiger charge is -2.50. The number of ether oxygens (including phenoxy) is 2. The first-order valence-corrected chi connectivity index (χ1v) is 14.9. The number of hydrogen-bond donors (Lipinski definition) is 1. The fourth-order valence-corrected chi connectivity index (χ4v) is 6.49. The number of para-hydroxylation sites is 1. The zero-order chi connectivity index (χ0) is 28.2. The van der Waals surface area contributed by atoms with Crippen molar-refractivity contribution in [2.45, 2.75) is 83.3 Å². The van der Waals surface area contributed by atoms with E-state index in [0.717, 1.165) is 48.5 Å². The van der Waals surface area contributed by atoms with Crippen LogP contribution in [0.3, 0.4) is 0 Å². The molecule has 3 heterocycles. The first-order chi connectivity index (χ1) is 18.6. The molecular formula is C30H43N3O5S. The number of thiophene rings is 1. The molecule has 9 heteroatoms.